The average Bonchev–Trinajstić information content (AvgIpc) is 2.47. The molecule has 1 heteroatoms. The van der Waals surface area contributed by atoms with E-state index in [0.717, 1.165) is 17.4 Å². The van der Waals surface area contributed by atoms with E-state index in [0.29, 0.717) is 0 Å². The van der Waals surface area contributed by atoms with Gasteiger partial charge in [0.1, 0.15) is 0 Å². The first-order valence-corrected chi connectivity index (χ1v) is 6.49. The first kappa shape index (κ1) is 10.5. The van der Waals surface area contributed by atoms with Crippen molar-refractivity contribution in [3.8, 4) is 0 Å². The third-order valence-electron chi connectivity index (χ3n) is 3.88. The van der Waals surface area contributed by atoms with Gasteiger partial charge < -0.3 is 0 Å². The largest absolute Gasteiger partial charge is 0.289 e. The molecule has 0 N–H and O–H groups in total. The van der Waals surface area contributed by atoms with Crippen molar-refractivity contribution in [2.75, 3.05) is 0 Å². The Morgan fingerprint density at radius 3 is 2.05 bits per heavy atom. The van der Waals surface area contributed by atoms with Crippen LogP contribution in [0, 0.1) is 0 Å². The lowest BCUT2D eigenvalue weighted by atomic mass is 9.86. The predicted octanol–water partition coefficient (Wildman–Crippen LogP) is 4.29. The number of carbonyl (C=O) groups is 1. The summed E-state index contributed by atoms with van der Waals surface area (Å²) in [6, 6.07) is 16.5. The zero-order valence-corrected chi connectivity index (χ0v) is 10.4. The molecule has 3 aromatic carbocycles. The topological polar surface area (TPSA) is 17.1 Å². The lowest BCUT2D eigenvalue weighted by Gasteiger charge is -2.17. The zero-order valence-electron chi connectivity index (χ0n) is 10.4. The van der Waals surface area contributed by atoms with Crippen molar-refractivity contribution in [3.05, 3.63) is 71.8 Å². The highest BCUT2D eigenvalue weighted by Gasteiger charge is 2.19. The van der Waals surface area contributed by atoms with E-state index in [9.17, 15) is 4.79 Å². The number of benzene rings is 3. The van der Waals surface area contributed by atoms with E-state index in [2.05, 4.69) is 30.3 Å². The van der Waals surface area contributed by atoms with Gasteiger partial charge in [-0.3, -0.25) is 4.79 Å². The molecule has 0 radical (unpaired) electrons. The zero-order chi connectivity index (χ0) is 12.8. The van der Waals surface area contributed by atoms with Crippen molar-refractivity contribution in [1.29, 1.82) is 0 Å². The molecule has 0 amide bonds. The Bertz CT molecular complexity index is 856. The molecule has 0 unspecified atom stereocenters. The van der Waals surface area contributed by atoms with Crippen LogP contribution in [0.2, 0.25) is 0 Å². The van der Waals surface area contributed by atoms with E-state index in [1.807, 2.05) is 24.3 Å². The minimum Gasteiger partial charge on any atom is -0.289 e. The fourth-order valence-electron chi connectivity index (χ4n) is 3.07. The van der Waals surface area contributed by atoms with Gasteiger partial charge in [0.05, 0.1) is 0 Å². The van der Waals surface area contributed by atoms with E-state index in [1.54, 1.807) is 6.08 Å². The number of allylic oxidation sites excluding steroid dienone is 2. The highest BCUT2D eigenvalue weighted by molar-refractivity contribution is 6.22. The molecule has 0 bridgehead atoms. The summed E-state index contributed by atoms with van der Waals surface area (Å²) < 4.78 is 0. The molecule has 1 aliphatic carbocycles. The summed E-state index contributed by atoms with van der Waals surface area (Å²) in [4.78, 5) is 12.3. The van der Waals surface area contributed by atoms with Gasteiger partial charge in [-0.25, -0.2) is 0 Å². The third-order valence-corrected chi connectivity index (χ3v) is 3.88. The van der Waals surface area contributed by atoms with Crippen molar-refractivity contribution in [2.24, 2.45) is 0 Å². The predicted molar refractivity (Wildman–Crippen MR) is 78.6 cm³/mol. The molecule has 1 aliphatic rings. The van der Waals surface area contributed by atoms with Gasteiger partial charge in [0, 0.05) is 5.56 Å². The SMILES string of the molecule is O=C1C=CCc2c1c1ccccc1c1ccccc21. The molecule has 1 nitrogen and oxygen atoms in total. The summed E-state index contributed by atoms with van der Waals surface area (Å²) in [5, 5.41) is 4.68. The first-order valence-electron chi connectivity index (χ1n) is 6.49. The standard InChI is InChI=1S/C18H12O/c19-17-11-5-10-16-14-7-2-1-6-12(14)13-8-3-4-9-15(13)18(16)17/h1-9,11H,10H2. The second-order valence-electron chi connectivity index (χ2n) is 4.92. The second kappa shape index (κ2) is 3.79. The van der Waals surface area contributed by atoms with Gasteiger partial charge in [-0.15, -0.1) is 0 Å². The minimum absolute atomic E-state index is 0.128. The average molecular weight is 244 g/mol. The van der Waals surface area contributed by atoms with E-state index in [1.165, 1.54) is 21.7 Å². The Kier molecular flexibility index (Phi) is 2.10. The van der Waals surface area contributed by atoms with Crippen LogP contribution in [-0.4, -0.2) is 5.78 Å². The summed E-state index contributed by atoms with van der Waals surface area (Å²) >= 11 is 0. The van der Waals surface area contributed by atoms with Crippen LogP contribution < -0.4 is 0 Å². The van der Waals surface area contributed by atoms with Gasteiger partial charge in [0.2, 0.25) is 0 Å². The van der Waals surface area contributed by atoms with Crippen LogP contribution in [0.5, 0.6) is 0 Å². The molecule has 90 valence electrons. The molecular weight excluding hydrogens is 232 g/mol. The number of rotatable bonds is 0. The smallest absolute Gasteiger partial charge is 0.186 e. The summed E-state index contributed by atoms with van der Waals surface area (Å²) in [5.74, 6) is 0.128. The van der Waals surface area contributed by atoms with Crippen LogP contribution in [0.3, 0.4) is 0 Å². The molecule has 4 rings (SSSR count). The van der Waals surface area contributed by atoms with Crippen LogP contribution in [0.25, 0.3) is 21.5 Å². The maximum absolute atomic E-state index is 12.3. The van der Waals surface area contributed by atoms with Crippen LogP contribution >= 0.6 is 0 Å². The van der Waals surface area contributed by atoms with Crippen LogP contribution in [0.15, 0.2) is 60.7 Å². The minimum atomic E-state index is 0.128. The van der Waals surface area contributed by atoms with Gasteiger partial charge in [0.25, 0.3) is 0 Å². The number of carbonyl (C=O) groups excluding carboxylic acids is 1. The summed E-state index contributed by atoms with van der Waals surface area (Å²) in [7, 11) is 0. The highest BCUT2D eigenvalue weighted by atomic mass is 16.1. The maximum Gasteiger partial charge on any atom is 0.186 e. The Morgan fingerprint density at radius 2 is 1.32 bits per heavy atom. The molecule has 0 spiro atoms. The fraction of sp³-hybridized carbons (Fsp3) is 0.0556. The molecule has 3 aromatic rings. The highest BCUT2D eigenvalue weighted by Crippen LogP contribution is 2.35. The van der Waals surface area contributed by atoms with Gasteiger partial charge in [-0.1, -0.05) is 54.6 Å². The Balaban J connectivity index is 2.33. The monoisotopic (exact) mass is 244 g/mol. The molecule has 0 aliphatic heterocycles. The lowest BCUT2D eigenvalue weighted by Crippen LogP contribution is -2.07. The van der Waals surface area contributed by atoms with Crippen molar-refractivity contribution in [2.45, 2.75) is 6.42 Å². The van der Waals surface area contributed by atoms with Crippen LogP contribution in [0.1, 0.15) is 15.9 Å². The molecule has 0 aromatic heterocycles. The van der Waals surface area contributed by atoms with Crippen molar-refractivity contribution in [1.82, 2.24) is 0 Å². The molecular formula is C18H12O. The van der Waals surface area contributed by atoms with E-state index in [4.69, 9.17) is 0 Å². The maximum atomic E-state index is 12.3. The quantitative estimate of drug-likeness (QED) is 0.539. The first-order chi connectivity index (χ1) is 9.36. The second-order valence-corrected chi connectivity index (χ2v) is 4.92. The van der Waals surface area contributed by atoms with Crippen molar-refractivity contribution in [3.63, 3.8) is 0 Å². The van der Waals surface area contributed by atoms with Crippen LogP contribution in [-0.2, 0) is 6.42 Å². The van der Waals surface area contributed by atoms with E-state index < -0.39 is 0 Å². The Morgan fingerprint density at radius 1 is 0.737 bits per heavy atom. The molecule has 0 saturated carbocycles. The van der Waals surface area contributed by atoms with E-state index >= 15 is 0 Å². The van der Waals surface area contributed by atoms with E-state index in [-0.39, 0.29) is 5.78 Å². The third kappa shape index (κ3) is 1.39. The fourth-order valence-corrected chi connectivity index (χ4v) is 3.07. The Labute approximate surface area is 111 Å². The molecule has 0 heterocycles. The van der Waals surface area contributed by atoms with Crippen LogP contribution in [0.4, 0.5) is 0 Å². The molecule has 19 heavy (non-hydrogen) atoms. The Hall–Kier alpha value is -2.41. The van der Waals surface area contributed by atoms with Crippen molar-refractivity contribution >= 4 is 27.3 Å². The van der Waals surface area contributed by atoms with Gasteiger partial charge in [0.15, 0.2) is 5.78 Å². The van der Waals surface area contributed by atoms with Gasteiger partial charge >= 0.3 is 0 Å². The normalized spacial score (nSPS) is 14.0. The summed E-state index contributed by atoms with van der Waals surface area (Å²) in [6.45, 7) is 0. The number of hydrogen-bond donors (Lipinski definition) is 0. The lowest BCUT2D eigenvalue weighted by molar-refractivity contribution is 0.104. The number of ketones is 1. The molecule has 0 saturated heterocycles. The molecule has 0 atom stereocenters. The van der Waals surface area contributed by atoms with Crippen molar-refractivity contribution < 1.29 is 4.79 Å². The van der Waals surface area contributed by atoms with Gasteiger partial charge in [-0.05, 0) is 39.6 Å². The van der Waals surface area contributed by atoms with Gasteiger partial charge in [-0.2, -0.15) is 0 Å². The summed E-state index contributed by atoms with van der Waals surface area (Å²) in [5.41, 5.74) is 2.05. The summed E-state index contributed by atoms with van der Waals surface area (Å²) in [6.07, 6.45) is 4.50. The number of hydrogen-bond acceptors (Lipinski definition) is 1. The number of fused-ring (bicyclic) bond motifs is 6. The molecule has 0 fully saturated rings.